The van der Waals surface area contributed by atoms with Crippen LogP contribution in [0.5, 0.6) is 0 Å². The van der Waals surface area contributed by atoms with Gasteiger partial charge in [0.1, 0.15) is 0 Å². The van der Waals surface area contributed by atoms with Crippen molar-refractivity contribution in [3.05, 3.63) is 48.5 Å². The highest BCUT2D eigenvalue weighted by Crippen LogP contribution is 2.12. The molecule has 15 heavy (non-hydrogen) atoms. The quantitative estimate of drug-likeness (QED) is 0.822. The smallest absolute Gasteiger partial charge is 0.0482 e. The molecule has 1 atom stereocenters. The van der Waals surface area contributed by atoms with Gasteiger partial charge >= 0.3 is 0 Å². The summed E-state index contributed by atoms with van der Waals surface area (Å²) in [5.74, 6) is 0. The van der Waals surface area contributed by atoms with Gasteiger partial charge in [0, 0.05) is 42.4 Å². The normalized spacial score (nSPS) is 12.7. The Balaban J connectivity index is 2.33. The Kier molecular flexibility index (Phi) is 2.83. The third kappa shape index (κ3) is 2.25. The molecular weight excluding hydrogens is 186 g/mol. The molecule has 0 fully saturated rings. The molecule has 0 aliphatic carbocycles. The largest absolute Gasteiger partial charge is 0.328 e. The topological polar surface area (TPSA) is 43.8 Å². The molecule has 2 aromatic heterocycles. The molecule has 2 aromatic rings. The first-order valence-electron chi connectivity index (χ1n) is 5.09. The zero-order valence-electron chi connectivity index (χ0n) is 8.80. The predicted molar refractivity (Wildman–Crippen MR) is 60.9 cm³/mol. The molecule has 3 nitrogen and oxygen atoms in total. The first-order chi connectivity index (χ1) is 7.27. The molecule has 2 rings (SSSR count). The maximum Gasteiger partial charge on any atom is 0.0482 e. The van der Waals surface area contributed by atoms with E-state index < -0.39 is 0 Å². The summed E-state index contributed by atoms with van der Waals surface area (Å²) in [6.07, 6.45) is 6.53. The second-order valence-corrected chi connectivity index (χ2v) is 3.76. The Bertz CT molecular complexity index is 417. The lowest BCUT2D eigenvalue weighted by Crippen LogP contribution is -2.19. The summed E-state index contributed by atoms with van der Waals surface area (Å²) >= 11 is 0. The van der Waals surface area contributed by atoms with Crippen molar-refractivity contribution in [2.75, 3.05) is 0 Å². The molecule has 0 saturated heterocycles. The van der Waals surface area contributed by atoms with Crippen LogP contribution in [0.2, 0.25) is 0 Å². The number of rotatable bonds is 3. The van der Waals surface area contributed by atoms with Crippen LogP contribution in [0.1, 0.15) is 12.6 Å². The Morgan fingerprint density at radius 3 is 2.73 bits per heavy atom. The highest BCUT2D eigenvalue weighted by Gasteiger charge is 2.04. The van der Waals surface area contributed by atoms with Crippen LogP contribution < -0.4 is 5.73 Å². The van der Waals surface area contributed by atoms with E-state index in [4.69, 9.17) is 5.73 Å². The Hall–Kier alpha value is -1.61. The number of aromatic nitrogens is 2. The average molecular weight is 201 g/mol. The van der Waals surface area contributed by atoms with E-state index in [2.05, 4.69) is 15.6 Å². The SMILES string of the molecule is CC(N)Cc1cccn1-c1ccncc1. The zero-order valence-corrected chi connectivity index (χ0v) is 8.80. The van der Waals surface area contributed by atoms with Gasteiger partial charge in [-0.15, -0.1) is 0 Å². The molecule has 78 valence electrons. The van der Waals surface area contributed by atoms with Gasteiger partial charge in [-0.3, -0.25) is 4.98 Å². The highest BCUT2D eigenvalue weighted by molar-refractivity contribution is 5.33. The van der Waals surface area contributed by atoms with E-state index >= 15 is 0 Å². The van der Waals surface area contributed by atoms with E-state index in [-0.39, 0.29) is 6.04 Å². The van der Waals surface area contributed by atoms with Crippen LogP contribution in [0.3, 0.4) is 0 Å². The van der Waals surface area contributed by atoms with Crippen molar-refractivity contribution in [2.45, 2.75) is 19.4 Å². The van der Waals surface area contributed by atoms with E-state index in [1.807, 2.05) is 31.3 Å². The van der Waals surface area contributed by atoms with Gasteiger partial charge < -0.3 is 10.3 Å². The van der Waals surface area contributed by atoms with Gasteiger partial charge in [-0.1, -0.05) is 0 Å². The second-order valence-electron chi connectivity index (χ2n) is 3.76. The summed E-state index contributed by atoms with van der Waals surface area (Å²) in [5, 5.41) is 0. The van der Waals surface area contributed by atoms with Gasteiger partial charge in [0.15, 0.2) is 0 Å². The van der Waals surface area contributed by atoms with Crippen molar-refractivity contribution in [1.82, 2.24) is 9.55 Å². The van der Waals surface area contributed by atoms with Gasteiger partial charge in [0.2, 0.25) is 0 Å². The van der Waals surface area contributed by atoms with Crippen molar-refractivity contribution >= 4 is 0 Å². The summed E-state index contributed by atoms with van der Waals surface area (Å²) in [7, 11) is 0. The fourth-order valence-electron chi connectivity index (χ4n) is 1.67. The molecular formula is C12H15N3. The third-order valence-electron chi connectivity index (χ3n) is 2.31. The lowest BCUT2D eigenvalue weighted by molar-refractivity contribution is 0.709. The summed E-state index contributed by atoms with van der Waals surface area (Å²) in [5.41, 5.74) is 8.17. The molecule has 2 heterocycles. The number of hydrogen-bond donors (Lipinski definition) is 1. The first kappa shape index (κ1) is 9.93. The highest BCUT2D eigenvalue weighted by atomic mass is 15.0. The van der Waals surface area contributed by atoms with Crippen LogP contribution >= 0.6 is 0 Å². The molecule has 0 spiro atoms. The molecule has 0 radical (unpaired) electrons. The van der Waals surface area contributed by atoms with E-state index in [0.29, 0.717) is 0 Å². The number of nitrogens with two attached hydrogens (primary N) is 1. The van der Waals surface area contributed by atoms with Crippen molar-refractivity contribution in [3.63, 3.8) is 0 Å². The molecule has 0 bridgehead atoms. The van der Waals surface area contributed by atoms with Crippen LogP contribution in [-0.2, 0) is 6.42 Å². The van der Waals surface area contributed by atoms with Gasteiger partial charge in [-0.05, 0) is 31.2 Å². The van der Waals surface area contributed by atoms with Crippen molar-refractivity contribution in [1.29, 1.82) is 0 Å². The van der Waals surface area contributed by atoms with Gasteiger partial charge in [-0.2, -0.15) is 0 Å². The van der Waals surface area contributed by atoms with Crippen LogP contribution in [0.4, 0.5) is 0 Å². The fourth-order valence-corrected chi connectivity index (χ4v) is 1.67. The molecule has 2 N–H and O–H groups in total. The molecule has 3 heteroatoms. The predicted octanol–water partition coefficient (Wildman–Crippen LogP) is 1.76. The van der Waals surface area contributed by atoms with E-state index in [1.165, 1.54) is 5.69 Å². The average Bonchev–Trinajstić information content (AvgIpc) is 2.66. The van der Waals surface area contributed by atoms with Gasteiger partial charge in [0.25, 0.3) is 0 Å². The maximum atomic E-state index is 5.80. The Morgan fingerprint density at radius 2 is 2.07 bits per heavy atom. The van der Waals surface area contributed by atoms with Crippen molar-refractivity contribution in [3.8, 4) is 5.69 Å². The van der Waals surface area contributed by atoms with E-state index in [0.717, 1.165) is 12.1 Å². The standard InChI is InChI=1S/C12H15N3/c1-10(13)9-12-3-2-8-15(12)11-4-6-14-7-5-11/h2-8,10H,9,13H2,1H3. The second kappa shape index (κ2) is 4.28. The minimum absolute atomic E-state index is 0.181. The molecule has 1 unspecified atom stereocenters. The van der Waals surface area contributed by atoms with Crippen LogP contribution in [-0.4, -0.2) is 15.6 Å². The zero-order chi connectivity index (χ0) is 10.7. The minimum atomic E-state index is 0.181. The lowest BCUT2D eigenvalue weighted by Gasteiger charge is -2.10. The first-order valence-corrected chi connectivity index (χ1v) is 5.09. The molecule has 0 aromatic carbocycles. The van der Waals surface area contributed by atoms with Gasteiger partial charge in [0.05, 0.1) is 0 Å². The molecule has 0 aliphatic heterocycles. The van der Waals surface area contributed by atoms with Crippen molar-refractivity contribution in [2.24, 2.45) is 5.73 Å². The third-order valence-corrected chi connectivity index (χ3v) is 2.31. The molecule has 0 aliphatic rings. The van der Waals surface area contributed by atoms with Gasteiger partial charge in [-0.25, -0.2) is 0 Å². The van der Waals surface area contributed by atoms with E-state index in [9.17, 15) is 0 Å². The summed E-state index contributed by atoms with van der Waals surface area (Å²) in [4.78, 5) is 4.01. The number of nitrogens with zero attached hydrogens (tertiary/aromatic N) is 2. The fraction of sp³-hybridized carbons (Fsp3) is 0.250. The summed E-state index contributed by atoms with van der Waals surface area (Å²) in [6, 6.07) is 8.30. The summed E-state index contributed by atoms with van der Waals surface area (Å²) < 4.78 is 2.14. The van der Waals surface area contributed by atoms with Crippen LogP contribution in [0.15, 0.2) is 42.9 Å². The maximum absolute atomic E-state index is 5.80. The molecule has 0 amide bonds. The van der Waals surface area contributed by atoms with Crippen LogP contribution in [0.25, 0.3) is 5.69 Å². The Morgan fingerprint density at radius 1 is 1.33 bits per heavy atom. The number of pyridine rings is 1. The minimum Gasteiger partial charge on any atom is -0.328 e. The van der Waals surface area contributed by atoms with E-state index in [1.54, 1.807) is 12.4 Å². The lowest BCUT2D eigenvalue weighted by atomic mass is 10.2. The van der Waals surface area contributed by atoms with Crippen LogP contribution in [0, 0.1) is 0 Å². The monoisotopic (exact) mass is 201 g/mol. The van der Waals surface area contributed by atoms with Crippen molar-refractivity contribution < 1.29 is 0 Å². The number of hydrogen-bond acceptors (Lipinski definition) is 2. The molecule has 0 saturated carbocycles. The Labute approximate surface area is 89.6 Å². The summed E-state index contributed by atoms with van der Waals surface area (Å²) in [6.45, 7) is 2.02.